The second-order valence-corrected chi connectivity index (χ2v) is 7.30. The zero-order chi connectivity index (χ0) is 20.6. The molecule has 7 heteroatoms. The summed E-state index contributed by atoms with van der Waals surface area (Å²) in [7, 11) is 1.59. The van der Waals surface area contributed by atoms with Crippen LogP contribution in [0.1, 0.15) is 25.3 Å². The van der Waals surface area contributed by atoms with Gasteiger partial charge in [-0.25, -0.2) is 0 Å². The van der Waals surface area contributed by atoms with Gasteiger partial charge in [0.25, 0.3) is 5.91 Å². The third-order valence-electron chi connectivity index (χ3n) is 4.62. The fraction of sp³-hybridized carbons (Fsp3) is 0.409. The largest absolute Gasteiger partial charge is 0.493 e. The van der Waals surface area contributed by atoms with Crippen molar-refractivity contribution in [2.75, 3.05) is 20.3 Å². The molecular formula is C22H26ClNO5. The molecule has 2 atom stereocenters. The van der Waals surface area contributed by atoms with Crippen molar-refractivity contribution in [1.29, 1.82) is 0 Å². The molecule has 2 aromatic carbocycles. The monoisotopic (exact) mass is 419 g/mol. The normalized spacial score (nSPS) is 16.9. The highest BCUT2D eigenvalue weighted by Crippen LogP contribution is 2.29. The maximum atomic E-state index is 12.3. The van der Waals surface area contributed by atoms with Gasteiger partial charge in [0, 0.05) is 18.2 Å². The summed E-state index contributed by atoms with van der Waals surface area (Å²) in [6.45, 7) is 3.34. The summed E-state index contributed by atoms with van der Waals surface area (Å²) in [5.74, 6) is 1.62. The minimum Gasteiger partial charge on any atom is -0.493 e. The lowest BCUT2D eigenvalue weighted by molar-refractivity contribution is -0.127. The van der Waals surface area contributed by atoms with Gasteiger partial charge in [0.1, 0.15) is 12.4 Å². The SMILES string of the molecule is COc1cc(CNC(=O)C(C)Oc2cccc(Cl)c2)ccc1OCC1CCCO1. The topological polar surface area (TPSA) is 66.0 Å². The van der Waals surface area contributed by atoms with E-state index in [-0.39, 0.29) is 12.0 Å². The fourth-order valence-corrected chi connectivity index (χ4v) is 3.21. The lowest BCUT2D eigenvalue weighted by Gasteiger charge is -2.16. The van der Waals surface area contributed by atoms with Crippen LogP contribution in [0.3, 0.4) is 0 Å². The lowest BCUT2D eigenvalue weighted by Crippen LogP contribution is -2.35. The van der Waals surface area contributed by atoms with E-state index in [1.807, 2.05) is 18.2 Å². The molecule has 0 radical (unpaired) electrons. The van der Waals surface area contributed by atoms with Gasteiger partial charge >= 0.3 is 0 Å². The highest BCUT2D eigenvalue weighted by Gasteiger charge is 2.18. The molecule has 1 fully saturated rings. The van der Waals surface area contributed by atoms with Crippen LogP contribution >= 0.6 is 11.6 Å². The number of hydrogen-bond acceptors (Lipinski definition) is 5. The van der Waals surface area contributed by atoms with Crippen molar-refractivity contribution < 1.29 is 23.7 Å². The van der Waals surface area contributed by atoms with Gasteiger partial charge in [-0.2, -0.15) is 0 Å². The average Bonchev–Trinajstić information content (AvgIpc) is 3.24. The smallest absolute Gasteiger partial charge is 0.261 e. The number of benzene rings is 2. The molecule has 1 heterocycles. The molecule has 2 unspecified atom stereocenters. The minimum absolute atomic E-state index is 0.139. The van der Waals surface area contributed by atoms with E-state index in [0.717, 1.165) is 25.0 Å². The van der Waals surface area contributed by atoms with Crippen LogP contribution in [0.4, 0.5) is 0 Å². The van der Waals surface area contributed by atoms with Gasteiger partial charge in [-0.3, -0.25) is 4.79 Å². The van der Waals surface area contributed by atoms with Crippen LogP contribution in [0.2, 0.25) is 5.02 Å². The second kappa shape index (κ2) is 10.4. The Bertz CT molecular complexity index is 823. The Morgan fingerprint density at radius 3 is 2.86 bits per heavy atom. The molecule has 2 aromatic rings. The molecule has 0 bridgehead atoms. The Labute approximate surface area is 176 Å². The van der Waals surface area contributed by atoms with Crippen molar-refractivity contribution in [3.05, 3.63) is 53.1 Å². The summed E-state index contributed by atoms with van der Waals surface area (Å²) in [4.78, 5) is 12.3. The number of halogens is 1. The van der Waals surface area contributed by atoms with E-state index in [4.69, 9.17) is 30.5 Å². The first kappa shape index (κ1) is 21.3. The molecule has 1 saturated heterocycles. The summed E-state index contributed by atoms with van der Waals surface area (Å²) in [6.07, 6.45) is 1.58. The minimum atomic E-state index is -0.649. The van der Waals surface area contributed by atoms with Crippen molar-refractivity contribution in [2.24, 2.45) is 0 Å². The third-order valence-corrected chi connectivity index (χ3v) is 4.86. The van der Waals surface area contributed by atoms with Crippen LogP contribution in [0.15, 0.2) is 42.5 Å². The van der Waals surface area contributed by atoms with Gasteiger partial charge in [0.15, 0.2) is 17.6 Å². The number of hydrogen-bond donors (Lipinski definition) is 1. The summed E-state index contributed by atoms with van der Waals surface area (Å²) < 4.78 is 22.5. The summed E-state index contributed by atoms with van der Waals surface area (Å²) in [5, 5.41) is 3.43. The van der Waals surface area contributed by atoms with E-state index in [1.54, 1.807) is 38.3 Å². The molecule has 1 N–H and O–H groups in total. The summed E-state index contributed by atoms with van der Waals surface area (Å²) >= 11 is 5.94. The van der Waals surface area contributed by atoms with Crippen LogP contribution < -0.4 is 19.5 Å². The Hall–Kier alpha value is -2.44. The molecular weight excluding hydrogens is 394 g/mol. The maximum Gasteiger partial charge on any atom is 0.261 e. The van der Waals surface area contributed by atoms with Gasteiger partial charge < -0.3 is 24.3 Å². The lowest BCUT2D eigenvalue weighted by atomic mass is 10.2. The predicted molar refractivity (Wildman–Crippen MR) is 111 cm³/mol. The summed E-state index contributed by atoms with van der Waals surface area (Å²) in [5.41, 5.74) is 0.898. The summed E-state index contributed by atoms with van der Waals surface area (Å²) in [6, 6.07) is 12.6. The maximum absolute atomic E-state index is 12.3. The van der Waals surface area contributed by atoms with Gasteiger partial charge in [-0.15, -0.1) is 0 Å². The standard InChI is InChI=1S/C22H26ClNO5/c1-15(29-18-6-3-5-17(23)12-18)22(25)24-13-16-8-9-20(21(11-16)26-2)28-14-19-7-4-10-27-19/h3,5-6,8-9,11-12,15,19H,4,7,10,13-14H2,1-2H3,(H,24,25). The van der Waals surface area contributed by atoms with E-state index in [9.17, 15) is 4.79 Å². The number of ether oxygens (including phenoxy) is 4. The van der Waals surface area contributed by atoms with Crippen LogP contribution in [0.5, 0.6) is 17.2 Å². The van der Waals surface area contributed by atoms with Gasteiger partial charge in [-0.05, 0) is 55.7 Å². The molecule has 1 aliphatic rings. The molecule has 1 amide bonds. The van der Waals surface area contributed by atoms with E-state index in [2.05, 4.69) is 5.32 Å². The van der Waals surface area contributed by atoms with Crippen LogP contribution in [0, 0.1) is 0 Å². The number of methoxy groups -OCH3 is 1. The third kappa shape index (κ3) is 6.27. The first-order chi connectivity index (χ1) is 14.0. The highest BCUT2D eigenvalue weighted by atomic mass is 35.5. The van der Waals surface area contributed by atoms with Crippen molar-refractivity contribution in [1.82, 2.24) is 5.32 Å². The average molecular weight is 420 g/mol. The number of carbonyl (C=O) groups excluding carboxylic acids is 1. The first-order valence-corrected chi connectivity index (χ1v) is 10.0. The van der Waals surface area contributed by atoms with Crippen molar-refractivity contribution in [3.8, 4) is 17.2 Å². The first-order valence-electron chi connectivity index (χ1n) is 9.66. The zero-order valence-electron chi connectivity index (χ0n) is 16.7. The second-order valence-electron chi connectivity index (χ2n) is 6.87. The quantitative estimate of drug-likeness (QED) is 0.665. The van der Waals surface area contributed by atoms with Gasteiger partial charge in [0.2, 0.25) is 0 Å². The Morgan fingerprint density at radius 1 is 1.28 bits per heavy atom. The number of carbonyl (C=O) groups is 1. The van der Waals surface area contributed by atoms with E-state index >= 15 is 0 Å². The van der Waals surface area contributed by atoms with E-state index < -0.39 is 6.10 Å². The van der Waals surface area contributed by atoms with Crippen molar-refractivity contribution >= 4 is 17.5 Å². The zero-order valence-corrected chi connectivity index (χ0v) is 17.4. The van der Waals surface area contributed by atoms with Crippen molar-refractivity contribution in [2.45, 2.75) is 38.5 Å². The number of nitrogens with one attached hydrogen (secondary N) is 1. The molecule has 156 valence electrons. The Morgan fingerprint density at radius 2 is 2.14 bits per heavy atom. The predicted octanol–water partition coefficient (Wildman–Crippen LogP) is 3.99. The Balaban J connectivity index is 1.51. The molecule has 0 aliphatic carbocycles. The highest BCUT2D eigenvalue weighted by molar-refractivity contribution is 6.30. The van der Waals surface area contributed by atoms with Crippen molar-refractivity contribution in [3.63, 3.8) is 0 Å². The number of rotatable bonds is 9. The van der Waals surface area contributed by atoms with E-state index in [0.29, 0.717) is 35.4 Å². The van der Waals surface area contributed by atoms with Crippen LogP contribution in [0.25, 0.3) is 0 Å². The molecule has 29 heavy (non-hydrogen) atoms. The molecule has 0 saturated carbocycles. The van der Waals surface area contributed by atoms with Gasteiger partial charge in [0.05, 0.1) is 13.2 Å². The number of amides is 1. The molecule has 3 rings (SSSR count). The fourth-order valence-electron chi connectivity index (χ4n) is 3.03. The van der Waals surface area contributed by atoms with Gasteiger partial charge in [-0.1, -0.05) is 23.7 Å². The molecule has 1 aliphatic heterocycles. The molecule has 0 spiro atoms. The molecule has 0 aromatic heterocycles. The van der Waals surface area contributed by atoms with Crippen LogP contribution in [-0.4, -0.2) is 38.4 Å². The molecule has 6 nitrogen and oxygen atoms in total. The van der Waals surface area contributed by atoms with E-state index in [1.165, 1.54) is 0 Å². The van der Waals surface area contributed by atoms with Crippen LogP contribution in [-0.2, 0) is 16.1 Å². The Kier molecular flexibility index (Phi) is 7.61.